The van der Waals surface area contributed by atoms with E-state index in [9.17, 15) is 18.0 Å². The summed E-state index contributed by atoms with van der Waals surface area (Å²) in [5.74, 6) is -0.164. The van der Waals surface area contributed by atoms with Crippen LogP contribution in [0.5, 0.6) is 0 Å². The summed E-state index contributed by atoms with van der Waals surface area (Å²) in [5, 5.41) is 0. The summed E-state index contributed by atoms with van der Waals surface area (Å²) in [6, 6.07) is 3.10. The molecule has 0 aliphatic carbocycles. The van der Waals surface area contributed by atoms with Crippen molar-refractivity contribution in [3.63, 3.8) is 0 Å². The van der Waals surface area contributed by atoms with E-state index in [0.29, 0.717) is 24.1 Å². The number of hydrogen-bond donors (Lipinski definition) is 1. The fourth-order valence-corrected chi connectivity index (χ4v) is 2.66. The van der Waals surface area contributed by atoms with E-state index in [-0.39, 0.29) is 17.4 Å². The predicted octanol–water partition coefficient (Wildman–Crippen LogP) is 2.89. The average Bonchev–Trinajstić information content (AvgIpc) is 2.86. The number of benzene rings is 1. The first kappa shape index (κ1) is 15.3. The summed E-state index contributed by atoms with van der Waals surface area (Å²) in [6.07, 6.45) is -3.67. The van der Waals surface area contributed by atoms with Crippen molar-refractivity contribution in [1.29, 1.82) is 0 Å². The van der Waals surface area contributed by atoms with Crippen molar-refractivity contribution in [2.45, 2.75) is 12.6 Å². The Hall–Kier alpha value is -1.08. The summed E-state index contributed by atoms with van der Waals surface area (Å²) in [4.78, 5) is 13.8. The molecule has 0 radical (unpaired) electrons. The predicted molar refractivity (Wildman–Crippen MR) is 72.2 cm³/mol. The molecule has 0 bridgehead atoms. The second-order valence-corrected chi connectivity index (χ2v) is 5.69. The van der Waals surface area contributed by atoms with Crippen LogP contribution in [0.3, 0.4) is 0 Å². The van der Waals surface area contributed by atoms with Crippen LogP contribution in [0.2, 0.25) is 0 Å². The number of carbonyl (C=O) groups is 1. The lowest BCUT2D eigenvalue weighted by molar-refractivity contribution is -0.137. The minimum absolute atomic E-state index is 0.0393. The van der Waals surface area contributed by atoms with Gasteiger partial charge in [-0.1, -0.05) is 0 Å². The maximum Gasteiger partial charge on any atom is 0.416 e. The summed E-state index contributed by atoms with van der Waals surface area (Å²) >= 11 is 3.14. The Kier molecular flexibility index (Phi) is 4.39. The van der Waals surface area contributed by atoms with Gasteiger partial charge in [0.05, 0.1) is 11.1 Å². The van der Waals surface area contributed by atoms with E-state index < -0.39 is 11.7 Å². The minimum atomic E-state index is -4.46. The van der Waals surface area contributed by atoms with Gasteiger partial charge in [-0.25, -0.2) is 0 Å². The molecule has 20 heavy (non-hydrogen) atoms. The minimum Gasteiger partial charge on any atom is -0.338 e. The van der Waals surface area contributed by atoms with E-state index in [1.807, 2.05) is 0 Å². The fraction of sp³-hybridized carbons (Fsp3) is 0.462. The molecular formula is C13H14BrF3N2O. The number of nitrogens with two attached hydrogens (primary N) is 1. The van der Waals surface area contributed by atoms with Crippen LogP contribution in [0.25, 0.3) is 0 Å². The molecule has 1 saturated heterocycles. The van der Waals surface area contributed by atoms with Crippen LogP contribution in [0.4, 0.5) is 13.2 Å². The zero-order valence-electron chi connectivity index (χ0n) is 10.6. The number of nitrogens with zero attached hydrogens (tertiary/aromatic N) is 1. The van der Waals surface area contributed by atoms with Crippen molar-refractivity contribution < 1.29 is 18.0 Å². The Balaban J connectivity index is 2.26. The van der Waals surface area contributed by atoms with Crippen molar-refractivity contribution in [3.8, 4) is 0 Å². The number of likely N-dealkylation sites (tertiary alicyclic amines) is 1. The van der Waals surface area contributed by atoms with Gasteiger partial charge in [0.2, 0.25) is 0 Å². The number of rotatable bonds is 2. The number of halogens is 4. The highest BCUT2D eigenvalue weighted by Gasteiger charge is 2.33. The number of amides is 1. The Morgan fingerprint density at radius 3 is 2.70 bits per heavy atom. The monoisotopic (exact) mass is 350 g/mol. The lowest BCUT2D eigenvalue weighted by Gasteiger charge is -2.18. The van der Waals surface area contributed by atoms with E-state index in [1.165, 1.54) is 6.07 Å². The molecule has 1 aromatic rings. The SMILES string of the molecule is NCC1CCN(C(=O)c2cc(C(F)(F)F)ccc2Br)C1. The van der Waals surface area contributed by atoms with Gasteiger partial charge in [0.25, 0.3) is 5.91 Å². The first-order valence-corrected chi connectivity index (χ1v) is 6.98. The van der Waals surface area contributed by atoms with E-state index in [1.54, 1.807) is 4.90 Å². The lowest BCUT2D eigenvalue weighted by Crippen LogP contribution is -2.30. The topological polar surface area (TPSA) is 46.3 Å². The smallest absolute Gasteiger partial charge is 0.338 e. The van der Waals surface area contributed by atoms with Gasteiger partial charge in [0, 0.05) is 17.6 Å². The van der Waals surface area contributed by atoms with Crippen LogP contribution in [0.1, 0.15) is 22.3 Å². The third-order valence-corrected chi connectivity index (χ3v) is 4.12. The Morgan fingerprint density at radius 2 is 2.15 bits per heavy atom. The molecule has 1 aliphatic rings. The van der Waals surface area contributed by atoms with Gasteiger partial charge in [0.1, 0.15) is 0 Å². The second-order valence-electron chi connectivity index (χ2n) is 4.83. The highest BCUT2D eigenvalue weighted by Crippen LogP contribution is 2.32. The number of carbonyl (C=O) groups excluding carboxylic acids is 1. The summed E-state index contributed by atoms with van der Waals surface area (Å²) < 4.78 is 38.5. The molecule has 110 valence electrons. The largest absolute Gasteiger partial charge is 0.416 e. The molecule has 1 unspecified atom stereocenters. The van der Waals surface area contributed by atoms with Crippen LogP contribution >= 0.6 is 15.9 Å². The second kappa shape index (κ2) is 5.73. The Labute approximate surface area is 123 Å². The summed E-state index contributed by atoms with van der Waals surface area (Å²) in [5.41, 5.74) is 4.77. The number of alkyl halides is 3. The van der Waals surface area contributed by atoms with Crippen molar-refractivity contribution in [1.82, 2.24) is 4.90 Å². The summed E-state index contributed by atoms with van der Waals surface area (Å²) in [7, 11) is 0. The number of hydrogen-bond acceptors (Lipinski definition) is 2. The van der Waals surface area contributed by atoms with Crippen LogP contribution in [-0.2, 0) is 6.18 Å². The highest BCUT2D eigenvalue weighted by atomic mass is 79.9. The molecule has 2 rings (SSSR count). The molecular weight excluding hydrogens is 337 g/mol. The first-order valence-electron chi connectivity index (χ1n) is 6.19. The molecule has 1 aromatic carbocycles. The third kappa shape index (κ3) is 3.15. The Bertz CT molecular complexity index is 519. The lowest BCUT2D eigenvalue weighted by atomic mass is 10.1. The van der Waals surface area contributed by atoms with E-state index >= 15 is 0 Å². The molecule has 2 N–H and O–H groups in total. The normalized spacial score (nSPS) is 19.4. The maximum atomic E-state index is 12.7. The molecule has 1 aliphatic heterocycles. The molecule has 7 heteroatoms. The van der Waals surface area contributed by atoms with Gasteiger partial charge in [-0.2, -0.15) is 13.2 Å². The molecule has 1 heterocycles. The quantitative estimate of drug-likeness (QED) is 0.891. The zero-order chi connectivity index (χ0) is 14.9. The zero-order valence-corrected chi connectivity index (χ0v) is 12.2. The van der Waals surface area contributed by atoms with Crippen molar-refractivity contribution in [2.75, 3.05) is 19.6 Å². The maximum absolute atomic E-state index is 12.7. The van der Waals surface area contributed by atoms with Gasteiger partial charge >= 0.3 is 6.18 Å². The molecule has 0 aromatic heterocycles. The van der Waals surface area contributed by atoms with E-state index in [4.69, 9.17) is 5.73 Å². The Morgan fingerprint density at radius 1 is 1.45 bits per heavy atom. The molecule has 3 nitrogen and oxygen atoms in total. The molecule has 0 spiro atoms. The van der Waals surface area contributed by atoms with Gasteiger partial charge in [-0.3, -0.25) is 4.79 Å². The van der Waals surface area contributed by atoms with E-state index in [2.05, 4.69) is 15.9 Å². The van der Waals surface area contributed by atoms with Crippen LogP contribution in [0, 0.1) is 5.92 Å². The third-order valence-electron chi connectivity index (χ3n) is 3.43. The van der Waals surface area contributed by atoms with Gasteiger partial charge in [-0.05, 0) is 53.0 Å². The van der Waals surface area contributed by atoms with Crippen molar-refractivity contribution >= 4 is 21.8 Å². The fourth-order valence-electron chi connectivity index (χ4n) is 2.25. The van der Waals surface area contributed by atoms with Crippen LogP contribution < -0.4 is 5.73 Å². The van der Waals surface area contributed by atoms with Crippen molar-refractivity contribution in [2.24, 2.45) is 11.7 Å². The first-order chi connectivity index (χ1) is 9.32. The molecule has 0 saturated carbocycles. The molecule has 1 atom stereocenters. The van der Waals surface area contributed by atoms with Gasteiger partial charge in [-0.15, -0.1) is 0 Å². The summed E-state index contributed by atoms with van der Waals surface area (Å²) in [6.45, 7) is 1.51. The van der Waals surface area contributed by atoms with Crippen LogP contribution in [0.15, 0.2) is 22.7 Å². The van der Waals surface area contributed by atoms with E-state index in [0.717, 1.165) is 18.6 Å². The highest BCUT2D eigenvalue weighted by molar-refractivity contribution is 9.10. The molecule has 1 amide bonds. The van der Waals surface area contributed by atoms with Gasteiger partial charge < -0.3 is 10.6 Å². The van der Waals surface area contributed by atoms with Crippen LogP contribution in [-0.4, -0.2) is 30.4 Å². The molecule has 1 fully saturated rings. The average molecular weight is 351 g/mol. The van der Waals surface area contributed by atoms with Gasteiger partial charge in [0.15, 0.2) is 0 Å². The standard InChI is InChI=1S/C13H14BrF3N2O/c14-11-2-1-9(13(15,16)17)5-10(11)12(20)19-4-3-8(6-18)7-19/h1-2,5,8H,3-4,6-7,18H2. The van der Waals surface area contributed by atoms with Crippen molar-refractivity contribution in [3.05, 3.63) is 33.8 Å².